The van der Waals surface area contributed by atoms with E-state index in [2.05, 4.69) is 4.57 Å². The van der Waals surface area contributed by atoms with Crippen LogP contribution in [0.3, 0.4) is 0 Å². The molecule has 2 heterocycles. The van der Waals surface area contributed by atoms with E-state index in [4.69, 9.17) is 11.6 Å². The van der Waals surface area contributed by atoms with Gasteiger partial charge in [0, 0.05) is 22.7 Å². The SMILES string of the molecule is O=C(c1ccc(Cl)cc1)N1Cc2cccc[n+]2C1. The summed E-state index contributed by atoms with van der Waals surface area (Å²) in [4.78, 5) is 14.1. The van der Waals surface area contributed by atoms with E-state index in [1.165, 1.54) is 0 Å². The van der Waals surface area contributed by atoms with Gasteiger partial charge in [-0.15, -0.1) is 0 Å². The lowest BCUT2D eigenvalue weighted by atomic mass is 10.2. The van der Waals surface area contributed by atoms with Gasteiger partial charge in [-0.05, 0) is 24.3 Å². The fourth-order valence-corrected chi connectivity index (χ4v) is 2.26. The highest BCUT2D eigenvalue weighted by Gasteiger charge is 2.29. The highest BCUT2D eigenvalue weighted by atomic mass is 35.5. The van der Waals surface area contributed by atoms with Crippen LogP contribution >= 0.6 is 11.6 Å². The number of amides is 1. The molecule has 0 N–H and O–H groups in total. The van der Waals surface area contributed by atoms with Crippen LogP contribution in [-0.4, -0.2) is 10.8 Å². The molecule has 4 heteroatoms. The minimum atomic E-state index is 0.0374. The molecule has 1 aromatic heterocycles. The molecule has 0 atom stereocenters. The highest BCUT2D eigenvalue weighted by Crippen LogP contribution is 2.15. The van der Waals surface area contributed by atoms with Gasteiger partial charge in [-0.25, -0.2) is 0 Å². The van der Waals surface area contributed by atoms with Crippen molar-refractivity contribution in [1.29, 1.82) is 0 Å². The summed E-state index contributed by atoms with van der Waals surface area (Å²) in [5, 5.41) is 0.644. The minimum Gasteiger partial charge on any atom is -0.272 e. The van der Waals surface area contributed by atoms with E-state index in [9.17, 15) is 4.79 Å². The van der Waals surface area contributed by atoms with E-state index >= 15 is 0 Å². The van der Waals surface area contributed by atoms with Crippen LogP contribution in [-0.2, 0) is 13.2 Å². The number of nitrogens with zero attached hydrogens (tertiary/aromatic N) is 2. The number of fused-ring (bicyclic) bond motifs is 1. The lowest BCUT2D eigenvalue weighted by Gasteiger charge is -2.10. The number of hydrogen-bond acceptors (Lipinski definition) is 1. The van der Waals surface area contributed by atoms with Gasteiger partial charge in [0.25, 0.3) is 5.91 Å². The molecule has 0 radical (unpaired) electrons. The molecule has 1 aliphatic rings. The van der Waals surface area contributed by atoms with Crippen molar-refractivity contribution in [2.45, 2.75) is 13.2 Å². The third-order valence-corrected chi connectivity index (χ3v) is 3.34. The summed E-state index contributed by atoms with van der Waals surface area (Å²) in [6, 6.07) is 13.0. The van der Waals surface area contributed by atoms with Gasteiger partial charge in [0.2, 0.25) is 12.4 Å². The Bertz CT molecular complexity index is 570. The average Bonchev–Trinajstić information content (AvgIpc) is 2.82. The first-order valence-corrected chi connectivity index (χ1v) is 6.14. The smallest absolute Gasteiger partial charge is 0.259 e. The molecule has 0 aliphatic carbocycles. The summed E-state index contributed by atoms with van der Waals surface area (Å²) in [6.45, 7) is 1.26. The number of halogens is 1. The molecule has 2 aromatic rings. The third-order valence-electron chi connectivity index (χ3n) is 3.09. The molecule has 1 amide bonds. The van der Waals surface area contributed by atoms with Crippen LogP contribution in [0.15, 0.2) is 48.7 Å². The van der Waals surface area contributed by atoms with Crippen molar-refractivity contribution in [3.63, 3.8) is 0 Å². The number of carbonyl (C=O) groups excluding carboxylic acids is 1. The molecule has 90 valence electrons. The third kappa shape index (κ3) is 1.97. The van der Waals surface area contributed by atoms with Gasteiger partial charge < -0.3 is 0 Å². The molecular formula is C14H12ClN2O+. The minimum absolute atomic E-state index is 0.0374. The van der Waals surface area contributed by atoms with Crippen LogP contribution in [0.4, 0.5) is 0 Å². The summed E-state index contributed by atoms with van der Waals surface area (Å²) in [5.41, 5.74) is 1.83. The van der Waals surface area contributed by atoms with Crippen LogP contribution in [0.25, 0.3) is 0 Å². The number of benzene rings is 1. The van der Waals surface area contributed by atoms with Crippen molar-refractivity contribution in [2.75, 3.05) is 0 Å². The Morgan fingerprint density at radius 2 is 1.94 bits per heavy atom. The molecular weight excluding hydrogens is 248 g/mol. The lowest BCUT2D eigenvalue weighted by Crippen LogP contribution is -2.38. The number of aromatic nitrogens is 1. The zero-order valence-electron chi connectivity index (χ0n) is 9.71. The van der Waals surface area contributed by atoms with E-state index in [1.807, 2.05) is 29.3 Å². The summed E-state index contributed by atoms with van der Waals surface area (Å²) in [6.07, 6.45) is 1.99. The van der Waals surface area contributed by atoms with E-state index in [-0.39, 0.29) is 5.91 Å². The number of hydrogen-bond donors (Lipinski definition) is 0. The van der Waals surface area contributed by atoms with Crippen molar-refractivity contribution in [1.82, 2.24) is 4.90 Å². The first-order valence-electron chi connectivity index (χ1n) is 5.76. The number of pyridine rings is 1. The molecule has 0 unspecified atom stereocenters. The second kappa shape index (κ2) is 4.42. The van der Waals surface area contributed by atoms with Crippen LogP contribution in [0.1, 0.15) is 16.1 Å². The van der Waals surface area contributed by atoms with Gasteiger partial charge in [-0.1, -0.05) is 17.7 Å². The van der Waals surface area contributed by atoms with Gasteiger partial charge >= 0.3 is 0 Å². The largest absolute Gasteiger partial charge is 0.272 e. The molecule has 0 saturated carbocycles. The van der Waals surface area contributed by atoms with Crippen molar-refractivity contribution >= 4 is 17.5 Å². The fraction of sp³-hybridized carbons (Fsp3) is 0.143. The maximum atomic E-state index is 12.3. The predicted molar refractivity (Wildman–Crippen MR) is 68.0 cm³/mol. The van der Waals surface area contributed by atoms with E-state index in [0.29, 0.717) is 23.8 Å². The van der Waals surface area contributed by atoms with Crippen molar-refractivity contribution in [3.05, 3.63) is 64.9 Å². The Hall–Kier alpha value is -1.87. The molecule has 0 fully saturated rings. The molecule has 1 aliphatic heterocycles. The van der Waals surface area contributed by atoms with Gasteiger partial charge in [-0.2, -0.15) is 4.57 Å². The van der Waals surface area contributed by atoms with Gasteiger partial charge in [-0.3, -0.25) is 9.69 Å². The Morgan fingerprint density at radius 1 is 1.17 bits per heavy atom. The molecule has 0 saturated heterocycles. The van der Waals surface area contributed by atoms with E-state index in [0.717, 1.165) is 5.69 Å². The maximum absolute atomic E-state index is 12.3. The van der Waals surface area contributed by atoms with Crippen LogP contribution in [0.2, 0.25) is 5.02 Å². The van der Waals surface area contributed by atoms with Gasteiger partial charge in [0.1, 0.15) is 6.54 Å². The first-order chi connectivity index (χ1) is 8.74. The van der Waals surface area contributed by atoms with Gasteiger partial charge in [0.05, 0.1) is 0 Å². The Kier molecular flexibility index (Phi) is 2.76. The van der Waals surface area contributed by atoms with E-state index in [1.54, 1.807) is 24.3 Å². The van der Waals surface area contributed by atoms with Crippen LogP contribution < -0.4 is 4.57 Å². The summed E-state index contributed by atoms with van der Waals surface area (Å²) in [5.74, 6) is 0.0374. The average molecular weight is 260 g/mol. The van der Waals surface area contributed by atoms with Gasteiger partial charge in [0.15, 0.2) is 6.20 Å². The second-order valence-electron chi connectivity index (χ2n) is 4.31. The Labute approximate surface area is 110 Å². The highest BCUT2D eigenvalue weighted by molar-refractivity contribution is 6.30. The zero-order chi connectivity index (χ0) is 12.5. The predicted octanol–water partition coefficient (Wildman–Crippen LogP) is 2.24. The van der Waals surface area contributed by atoms with Crippen LogP contribution in [0.5, 0.6) is 0 Å². The number of carbonyl (C=O) groups is 1. The summed E-state index contributed by atoms with van der Waals surface area (Å²) < 4.78 is 2.08. The summed E-state index contributed by atoms with van der Waals surface area (Å²) >= 11 is 5.82. The van der Waals surface area contributed by atoms with Crippen molar-refractivity contribution in [3.8, 4) is 0 Å². The lowest BCUT2D eigenvalue weighted by molar-refractivity contribution is -0.700. The number of rotatable bonds is 1. The molecule has 3 nitrogen and oxygen atoms in total. The first kappa shape index (κ1) is 11.2. The topological polar surface area (TPSA) is 24.2 Å². The maximum Gasteiger partial charge on any atom is 0.259 e. The Balaban J connectivity index is 1.82. The molecule has 0 bridgehead atoms. The van der Waals surface area contributed by atoms with E-state index < -0.39 is 0 Å². The van der Waals surface area contributed by atoms with Crippen LogP contribution in [0, 0.1) is 0 Å². The summed E-state index contributed by atoms with van der Waals surface area (Å²) in [7, 11) is 0. The zero-order valence-corrected chi connectivity index (χ0v) is 10.5. The monoisotopic (exact) mass is 259 g/mol. The molecule has 1 aromatic carbocycles. The standard InChI is InChI=1S/C14H12ClN2O/c15-12-6-4-11(5-7-12)14(18)17-9-13-3-1-2-8-16(13)10-17/h1-8H,9-10H2/q+1. The quantitative estimate of drug-likeness (QED) is 0.721. The Morgan fingerprint density at radius 3 is 2.67 bits per heavy atom. The second-order valence-corrected chi connectivity index (χ2v) is 4.75. The molecule has 3 rings (SSSR count). The van der Waals surface area contributed by atoms with Crippen molar-refractivity contribution < 1.29 is 9.36 Å². The fourth-order valence-electron chi connectivity index (χ4n) is 2.13. The normalized spacial score (nSPS) is 13.5. The molecule has 0 spiro atoms. The molecule has 18 heavy (non-hydrogen) atoms. The van der Waals surface area contributed by atoms with Crippen molar-refractivity contribution in [2.24, 2.45) is 0 Å².